The first-order valence-electron chi connectivity index (χ1n) is 6.49. The third-order valence-electron chi connectivity index (χ3n) is 2.68. The molecule has 0 aliphatic rings. The number of nitrogens with two attached hydrogens (primary N) is 1. The number of rotatable bonds is 8. The van der Waals surface area contributed by atoms with Crippen molar-refractivity contribution in [1.82, 2.24) is 0 Å². The van der Waals surface area contributed by atoms with Gasteiger partial charge in [-0.05, 0) is 37.6 Å². The fraction of sp³-hybridized carbons (Fsp3) is 0.500. The fourth-order valence-electron chi connectivity index (χ4n) is 1.89. The summed E-state index contributed by atoms with van der Waals surface area (Å²) in [6.45, 7) is 2.80. The maximum atomic E-state index is 11.0. The molecule has 1 aromatic rings. The molecule has 0 fully saturated rings. The normalized spacial score (nSPS) is 11.9. The molecule has 5 heteroatoms. The van der Waals surface area contributed by atoms with Gasteiger partial charge in [0.15, 0.2) is 0 Å². The number of carbonyl (C=O) groups excluding carboxylic acids is 1. The van der Waals surface area contributed by atoms with E-state index in [9.17, 15) is 4.79 Å². The predicted molar refractivity (Wildman–Crippen MR) is 78.3 cm³/mol. The van der Waals surface area contributed by atoms with Crippen molar-refractivity contribution < 1.29 is 9.53 Å². The Labute approximate surface area is 114 Å². The monoisotopic (exact) mass is 265 g/mol. The molecule has 4 N–H and O–H groups in total. The van der Waals surface area contributed by atoms with Crippen LogP contribution < -0.4 is 16.4 Å². The van der Waals surface area contributed by atoms with Crippen LogP contribution in [-0.2, 0) is 9.53 Å². The van der Waals surface area contributed by atoms with E-state index < -0.39 is 0 Å². The lowest BCUT2D eigenvalue weighted by Gasteiger charge is -2.19. The minimum absolute atomic E-state index is 0.0753. The highest BCUT2D eigenvalue weighted by atomic mass is 16.5. The molecule has 0 aromatic heterocycles. The van der Waals surface area contributed by atoms with E-state index in [0.717, 1.165) is 24.2 Å². The molecule has 106 valence electrons. The van der Waals surface area contributed by atoms with Crippen LogP contribution in [0.25, 0.3) is 0 Å². The van der Waals surface area contributed by atoms with E-state index in [-0.39, 0.29) is 11.9 Å². The summed E-state index contributed by atoms with van der Waals surface area (Å²) in [6.07, 6.45) is 1.90. The standard InChI is InChI=1S/C14H23N3O2/c1-11(18)16-12-5-3-6-13(9-12)17-14(10-19-2)7-4-8-15/h3,5-6,9,14,17H,4,7-8,10,15H2,1-2H3,(H,16,18). The Morgan fingerprint density at radius 3 is 2.79 bits per heavy atom. The maximum absolute atomic E-state index is 11.0. The summed E-state index contributed by atoms with van der Waals surface area (Å²) < 4.78 is 5.19. The van der Waals surface area contributed by atoms with E-state index in [2.05, 4.69) is 10.6 Å². The number of methoxy groups -OCH3 is 1. The minimum atomic E-state index is -0.0753. The van der Waals surface area contributed by atoms with E-state index in [1.807, 2.05) is 24.3 Å². The van der Waals surface area contributed by atoms with Crippen molar-refractivity contribution in [2.75, 3.05) is 30.9 Å². The molecular weight excluding hydrogens is 242 g/mol. The van der Waals surface area contributed by atoms with Gasteiger partial charge < -0.3 is 21.1 Å². The molecule has 0 aliphatic heterocycles. The molecule has 1 rings (SSSR count). The summed E-state index contributed by atoms with van der Waals surface area (Å²) in [5.41, 5.74) is 7.28. The average molecular weight is 265 g/mol. The zero-order chi connectivity index (χ0) is 14.1. The number of hydrogen-bond donors (Lipinski definition) is 3. The summed E-state index contributed by atoms with van der Waals surface area (Å²) in [6, 6.07) is 7.86. The van der Waals surface area contributed by atoms with Crippen LogP contribution in [0.5, 0.6) is 0 Å². The summed E-state index contributed by atoms with van der Waals surface area (Å²) in [5, 5.41) is 6.16. The Hall–Kier alpha value is -1.59. The van der Waals surface area contributed by atoms with E-state index in [1.165, 1.54) is 6.92 Å². The van der Waals surface area contributed by atoms with Gasteiger partial charge in [-0.2, -0.15) is 0 Å². The van der Waals surface area contributed by atoms with Crippen molar-refractivity contribution in [2.45, 2.75) is 25.8 Å². The van der Waals surface area contributed by atoms with Gasteiger partial charge in [0.1, 0.15) is 0 Å². The maximum Gasteiger partial charge on any atom is 0.221 e. The van der Waals surface area contributed by atoms with Gasteiger partial charge in [-0.15, -0.1) is 0 Å². The Morgan fingerprint density at radius 1 is 1.42 bits per heavy atom. The van der Waals surface area contributed by atoms with Gasteiger partial charge in [-0.1, -0.05) is 6.07 Å². The smallest absolute Gasteiger partial charge is 0.221 e. The Kier molecular flexibility index (Phi) is 6.92. The van der Waals surface area contributed by atoms with Crippen LogP contribution in [0.4, 0.5) is 11.4 Å². The SMILES string of the molecule is COCC(CCCN)Nc1cccc(NC(C)=O)c1. The molecule has 1 unspecified atom stereocenters. The second kappa shape index (κ2) is 8.50. The van der Waals surface area contributed by atoms with Crippen LogP contribution in [-0.4, -0.2) is 32.2 Å². The Balaban J connectivity index is 2.64. The molecular formula is C14H23N3O2. The summed E-state index contributed by atoms with van der Waals surface area (Å²) >= 11 is 0. The van der Waals surface area contributed by atoms with Crippen molar-refractivity contribution in [3.63, 3.8) is 0 Å². The zero-order valence-corrected chi connectivity index (χ0v) is 11.6. The first kappa shape index (κ1) is 15.5. The number of nitrogens with one attached hydrogen (secondary N) is 2. The molecule has 0 bridgehead atoms. The van der Waals surface area contributed by atoms with Gasteiger partial charge in [0.2, 0.25) is 5.91 Å². The van der Waals surface area contributed by atoms with Crippen LogP contribution in [0.3, 0.4) is 0 Å². The highest BCUT2D eigenvalue weighted by Gasteiger charge is 2.08. The Morgan fingerprint density at radius 2 is 2.16 bits per heavy atom. The topological polar surface area (TPSA) is 76.4 Å². The molecule has 0 saturated carbocycles. The van der Waals surface area contributed by atoms with Crippen LogP contribution in [0, 0.1) is 0 Å². The Bertz CT molecular complexity index is 396. The lowest BCUT2D eigenvalue weighted by atomic mass is 10.1. The minimum Gasteiger partial charge on any atom is -0.383 e. The molecule has 1 aromatic carbocycles. The molecule has 0 spiro atoms. The fourth-order valence-corrected chi connectivity index (χ4v) is 1.89. The van der Waals surface area contributed by atoms with Crippen LogP contribution in [0.1, 0.15) is 19.8 Å². The molecule has 19 heavy (non-hydrogen) atoms. The number of anilines is 2. The van der Waals surface area contributed by atoms with Gasteiger partial charge in [-0.25, -0.2) is 0 Å². The van der Waals surface area contributed by atoms with Gasteiger partial charge in [0.25, 0.3) is 0 Å². The second-order valence-corrected chi connectivity index (χ2v) is 4.49. The van der Waals surface area contributed by atoms with Gasteiger partial charge in [-0.3, -0.25) is 4.79 Å². The quantitative estimate of drug-likeness (QED) is 0.670. The lowest BCUT2D eigenvalue weighted by molar-refractivity contribution is -0.114. The number of benzene rings is 1. The molecule has 0 radical (unpaired) electrons. The van der Waals surface area contributed by atoms with Gasteiger partial charge in [0, 0.05) is 31.5 Å². The van der Waals surface area contributed by atoms with Crippen molar-refractivity contribution in [3.05, 3.63) is 24.3 Å². The molecule has 5 nitrogen and oxygen atoms in total. The third kappa shape index (κ3) is 6.22. The van der Waals surface area contributed by atoms with Crippen LogP contribution >= 0.6 is 0 Å². The number of hydrogen-bond acceptors (Lipinski definition) is 4. The molecule has 0 aliphatic carbocycles. The summed E-state index contributed by atoms with van der Waals surface area (Å²) in [4.78, 5) is 11.0. The highest BCUT2D eigenvalue weighted by molar-refractivity contribution is 5.89. The van der Waals surface area contributed by atoms with Gasteiger partial charge >= 0.3 is 0 Å². The third-order valence-corrected chi connectivity index (χ3v) is 2.68. The van der Waals surface area contributed by atoms with Crippen LogP contribution in [0.2, 0.25) is 0 Å². The molecule has 1 amide bonds. The average Bonchev–Trinajstić information content (AvgIpc) is 2.36. The number of ether oxygens (including phenoxy) is 1. The first-order valence-corrected chi connectivity index (χ1v) is 6.49. The van der Waals surface area contributed by atoms with E-state index in [1.54, 1.807) is 7.11 Å². The van der Waals surface area contributed by atoms with E-state index in [0.29, 0.717) is 13.2 Å². The summed E-state index contributed by atoms with van der Waals surface area (Å²) in [5.74, 6) is -0.0753. The van der Waals surface area contributed by atoms with Crippen molar-refractivity contribution in [1.29, 1.82) is 0 Å². The molecule has 1 atom stereocenters. The number of amides is 1. The number of carbonyl (C=O) groups is 1. The summed E-state index contributed by atoms with van der Waals surface area (Å²) in [7, 11) is 1.69. The molecule has 0 saturated heterocycles. The van der Waals surface area contributed by atoms with E-state index in [4.69, 9.17) is 10.5 Å². The van der Waals surface area contributed by atoms with Crippen molar-refractivity contribution >= 4 is 17.3 Å². The van der Waals surface area contributed by atoms with Crippen molar-refractivity contribution in [3.8, 4) is 0 Å². The molecule has 0 heterocycles. The lowest BCUT2D eigenvalue weighted by Crippen LogP contribution is -2.25. The predicted octanol–water partition coefficient (Wildman–Crippen LogP) is 1.81. The largest absolute Gasteiger partial charge is 0.383 e. The second-order valence-electron chi connectivity index (χ2n) is 4.49. The van der Waals surface area contributed by atoms with E-state index >= 15 is 0 Å². The first-order chi connectivity index (χ1) is 9.15. The highest BCUT2D eigenvalue weighted by Crippen LogP contribution is 2.17. The zero-order valence-electron chi connectivity index (χ0n) is 11.6. The van der Waals surface area contributed by atoms with Crippen molar-refractivity contribution in [2.24, 2.45) is 5.73 Å². The van der Waals surface area contributed by atoms with Gasteiger partial charge in [0.05, 0.1) is 6.61 Å². The van der Waals surface area contributed by atoms with Crippen LogP contribution in [0.15, 0.2) is 24.3 Å².